The molecule has 0 aliphatic heterocycles. The summed E-state index contributed by atoms with van der Waals surface area (Å²) in [6.07, 6.45) is 3.25. The number of aromatic nitrogens is 3. The van der Waals surface area contributed by atoms with Crippen LogP contribution in [-0.4, -0.2) is 20.5 Å². The fourth-order valence-corrected chi connectivity index (χ4v) is 2.82. The van der Waals surface area contributed by atoms with Crippen molar-refractivity contribution in [1.82, 2.24) is 14.8 Å². The molecule has 3 rings (SSSR count). The smallest absolute Gasteiger partial charge is 0.291 e. The van der Waals surface area contributed by atoms with Crippen molar-refractivity contribution in [2.24, 2.45) is 0 Å². The monoisotopic (exact) mass is 348 g/mol. The summed E-state index contributed by atoms with van der Waals surface area (Å²) in [5.41, 5.74) is 3.15. The van der Waals surface area contributed by atoms with Gasteiger partial charge in [0.1, 0.15) is 11.4 Å². The molecular weight excluding hydrogens is 328 g/mol. The molecule has 0 aliphatic carbocycles. The lowest BCUT2D eigenvalue weighted by atomic mass is 10.0. The first kappa shape index (κ1) is 17.5. The number of hydrogen-bond donors (Lipinski definition) is 1. The minimum Gasteiger partial charge on any atom is -0.349 e. The second-order valence-corrected chi connectivity index (χ2v) is 6.01. The summed E-state index contributed by atoms with van der Waals surface area (Å²) in [7, 11) is 0. The van der Waals surface area contributed by atoms with Crippen LogP contribution in [0, 0.1) is 6.92 Å². The average molecular weight is 348 g/mol. The zero-order chi connectivity index (χ0) is 18.7. The van der Waals surface area contributed by atoms with Crippen molar-refractivity contribution in [2.75, 3.05) is 5.32 Å². The molecule has 3 aromatic rings. The van der Waals surface area contributed by atoms with E-state index in [0.717, 1.165) is 11.1 Å². The topological polar surface area (TPSA) is 76.9 Å². The van der Waals surface area contributed by atoms with Gasteiger partial charge in [-0.2, -0.15) is 5.10 Å². The zero-order valence-corrected chi connectivity index (χ0v) is 15.0. The van der Waals surface area contributed by atoms with Crippen molar-refractivity contribution < 1.29 is 4.79 Å². The first-order valence-corrected chi connectivity index (χ1v) is 8.41. The number of Topliss-reactive ketones (excluding diaryl/α,β-unsaturated/α-hetero) is 1. The number of benzene rings is 1. The van der Waals surface area contributed by atoms with Gasteiger partial charge in [0.2, 0.25) is 0 Å². The third-order valence-electron chi connectivity index (χ3n) is 4.03. The number of pyridine rings is 1. The standard InChI is InChI=1S/C20H20N4O2/c1-4-24-20(26)19(22-16-9-6-10-21-12-16)17(14(3)25)18(23-24)15-8-5-7-13(2)11-15/h5-12,22H,4H2,1-3H3. The Morgan fingerprint density at radius 2 is 2.04 bits per heavy atom. The molecule has 2 heterocycles. The summed E-state index contributed by atoms with van der Waals surface area (Å²) in [4.78, 5) is 29.3. The minimum absolute atomic E-state index is 0.221. The number of carbonyl (C=O) groups is 1. The normalized spacial score (nSPS) is 10.6. The molecule has 0 unspecified atom stereocenters. The lowest BCUT2D eigenvalue weighted by molar-refractivity contribution is 0.101. The maximum Gasteiger partial charge on any atom is 0.291 e. The molecule has 0 fully saturated rings. The maximum absolute atomic E-state index is 12.8. The van der Waals surface area contributed by atoms with Gasteiger partial charge in [-0.15, -0.1) is 0 Å². The zero-order valence-electron chi connectivity index (χ0n) is 15.0. The van der Waals surface area contributed by atoms with Gasteiger partial charge < -0.3 is 5.32 Å². The number of aryl methyl sites for hydroxylation is 2. The Balaban J connectivity index is 2.29. The van der Waals surface area contributed by atoms with Gasteiger partial charge in [-0.3, -0.25) is 14.6 Å². The molecule has 0 aliphatic rings. The molecule has 1 aromatic carbocycles. The summed E-state index contributed by atoms with van der Waals surface area (Å²) in [6.45, 7) is 5.66. The van der Waals surface area contributed by atoms with Crippen LogP contribution in [-0.2, 0) is 6.54 Å². The third kappa shape index (κ3) is 3.39. The Bertz CT molecular complexity index is 1010. The number of nitrogens with one attached hydrogen (secondary N) is 1. The van der Waals surface area contributed by atoms with Gasteiger partial charge >= 0.3 is 0 Å². The van der Waals surface area contributed by atoms with Crippen LogP contribution in [0.1, 0.15) is 29.8 Å². The van der Waals surface area contributed by atoms with Crippen molar-refractivity contribution in [1.29, 1.82) is 0 Å². The first-order valence-electron chi connectivity index (χ1n) is 8.41. The Morgan fingerprint density at radius 1 is 1.23 bits per heavy atom. The Kier molecular flexibility index (Phi) is 4.93. The quantitative estimate of drug-likeness (QED) is 0.713. The molecule has 0 saturated heterocycles. The van der Waals surface area contributed by atoms with E-state index in [4.69, 9.17) is 0 Å². The number of carbonyl (C=O) groups excluding carboxylic acids is 1. The number of ketones is 1. The van der Waals surface area contributed by atoms with Crippen LogP contribution in [0.4, 0.5) is 11.4 Å². The molecule has 1 N–H and O–H groups in total. The summed E-state index contributed by atoms with van der Waals surface area (Å²) in [5.74, 6) is -0.222. The van der Waals surface area contributed by atoms with Crippen molar-refractivity contribution in [3.8, 4) is 11.3 Å². The molecule has 2 aromatic heterocycles. The van der Waals surface area contributed by atoms with Crippen LogP contribution in [0.15, 0.2) is 53.6 Å². The van der Waals surface area contributed by atoms with E-state index >= 15 is 0 Å². The average Bonchev–Trinajstić information content (AvgIpc) is 2.63. The fourth-order valence-electron chi connectivity index (χ4n) is 2.82. The lowest BCUT2D eigenvalue weighted by Gasteiger charge is -2.16. The van der Waals surface area contributed by atoms with Gasteiger partial charge in [0.25, 0.3) is 5.56 Å². The highest BCUT2D eigenvalue weighted by atomic mass is 16.1. The molecule has 6 nitrogen and oxygen atoms in total. The highest BCUT2D eigenvalue weighted by Gasteiger charge is 2.22. The van der Waals surface area contributed by atoms with Gasteiger partial charge in [-0.05, 0) is 39.0 Å². The number of hydrogen-bond acceptors (Lipinski definition) is 5. The predicted molar refractivity (Wildman–Crippen MR) is 102 cm³/mol. The molecule has 0 saturated carbocycles. The molecule has 0 atom stereocenters. The highest BCUT2D eigenvalue weighted by Crippen LogP contribution is 2.28. The molecule has 0 radical (unpaired) electrons. The van der Waals surface area contributed by atoms with Crippen molar-refractivity contribution in [2.45, 2.75) is 27.3 Å². The first-order chi connectivity index (χ1) is 12.5. The molecule has 26 heavy (non-hydrogen) atoms. The molecule has 0 amide bonds. The second-order valence-electron chi connectivity index (χ2n) is 6.01. The number of rotatable bonds is 5. The van der Waals surface area contributed by atoms with E-state index in [1.807, 2.05) is 38.1 Å². The Labute approximate surface area is 151 Å². The van der Waals surface area contributed by atoms with E-state index in [1.54, 1.807) is 24.5 Å². The van der Waals surface area contributed by atoms with E-state index in [-0.39, 0.29) is 22.6 Å². The predicted octanol–water partition coefficient (Wildman–Crippen LogP) is 3.58. The SMILES string of the molecule is CCn1nc(-c2cccc(C)c2)c(C(C)=O)c(Nc2cccnc2)c1=O. The van der Waals surface area contributed by atoms with Crippen LogP contribution < -0.4 is 10.9 Å². The van der Waals surface area contributed by atoms with Crippen LogP contribution in [0.5, 0.6) is 0 Å². The Morgan fingerprint density at radius 3 is 2.65 bits per heavy atom. The number of nitrogens with zero attached hydrogens (tertiary/aromatic N) is 3. The van der Waals surface area contributed by atoms with Crippen LogP contribution in [0.3, 0.4) is 0 Å². The summed E-state index contributed by atoms with van der Waals surface area (Å²) >= 11 is 0. The van der Waals surface area contributed by atoms with E-state index in [0.29, 0.717) is 17.9 Å². The molecule has 0 spiro atoms. The largest absolute Gasteiger partial charge is 0.349 e. The third-order valence-corrected chi connectivity index (χ3v) is 4.03. The lowest BCUT2D eigenvalue weighted by Crippen LogP contribution is -2.28. The van der Waals surface area contributed by atoms with Gasteiger partial charge in [-0.25, -0.2) is 4.68 Å². The molecular formula is C20H20N4O2. The van der Waals surface area contributed by atoms with Crippen LogP contribution in [0.25, 0.3) is 11.3 Å². The van der Waals surface area contributed by atoms with Gasteiger partial charge in [0.15, 0.2) is 5.78 Å². The van der Waals surface area contributed by atoms with Gasteiger partial charge in [0.05, 0.1) is 17.4 Å². The van der Waals surface area contributed by atoms with E-state index < -0.39 is 0 Å². The summed E-state index contributed by atoms with van der Waals surface area (Å²) in [6, 6.07) is 11.3. The van der Waals surface area contributed by atoms with E-state index in [2.05, 4.69) is 15.4 Å². The number of anilines is 2. The summed E-state index contributed by atoms with van der Waals surface area (Å²) < 4.78 is 1.36. The second kappa shape index (κ2) is 7.31. The molecule has 0 bridgehead atoms. The van der Waals surface area contributed by atoms with Crippen molar-refractivity contribution in [3.63, 3.8) is 0 Å². The Hall–Kier alpha value is -3.28. The van der Waals surface area contributed by atoms with E-state index in [9.17, 15) is 9.59 Å². The van der Waals surface area contributed by atoms with Crippen LogP contribution in [0.2, 0.25) is 0 Å². The van der Waals surface area contributed by atoms with Crippen molar-refractivity contribution >= 4 is 17.2 Å². The molecule has 132 valence electrons. The van der Waals surface area contributed by atoms with Gasteiger partial charge in [-0.1, -0.05) is 23.8 Å². The molecule has 6 heteroatoms. The highest BCUT2D eigenvalue weighted by molar-refractivity contribution is 6.05. The van der Waals surface area contributed by atoms with Crippen LogP contribution >= 0.6 is 0 Å². The maximum atomic E-state index is 12.8. The van der Waals surface area contributed by atoms with Crippen molar-refractivity contribution in [3.05, 3.63) is 70.3 Å². The summed E-state index contributed by atoms with van der Waals surface area (Å²) in [5, 5.41) is 7.52. The fraction of sp³-hybridized carbons (Fsp3) is 0.200. The minimum atomic E-state index is -0.335. The van der Waals surface area contributed by atoms with E-state index in [1.165, 1.54) is 11.6 Å². The van der Waals surface area contributed by atoms with Gasteiger partial charge in [0, 0.05) is 18.3 Å².